The van der Waals surface area contributed by atoms with Crippen LogP contribution < -0.4 is 10.1 Å². The smallest absolute Gasteiger partial charge is 0.293 e. The van der Waals surface area contributed by atoms with Crippen molar-refractivity contribution in [2.75, 3.05) is 5.32 Å². The molecule has 0 fully saturated rings. The summed E-state index contributed by atoms with van der Waals surface area (Å²) in [4.78, 5) is 27.0. The molecule has 0 aliphatic heterocycles. The van der Waals surface area contributed by atoms with Crippen molar-refractivity contribution in [3.8, 4) is 5.75 Å². The number of amides is 1. The number of anilines is 1. The van der Waals surface area contributed by atoms with E-state index in [4.69, 9.17) is 32.4 Å². The van der Waals surface area contributed by atoms with Gasteiger partial charge in [-0.1, -0.05) is 29.3 Å². The van der Waals surface area contributed by atoms with E-state index in [0.29, 0.717) is 33.7 Å². The molecule has 2 aromatic carbocycles. The van der Waals surface area contributed by atoms with Crippen molar-refractivity contribution in [3.63, 3.8) is 0 Å². The van der Waals surface area contributed by atoms with E-state index in [1.165, 1.54) is 29.2 Å². The van der Waals surface area contributed by atoms with Crippen LogP contribution in [0.3, 0.4) is 0 Å². The van der Waals surface area contributed by atoms with E-state index in [9.17, 15) is 14.9 Å². The van der Waals surface area contributed by atoms with Gasteiger partial charge in [-0.3, -0.25) is 20.2 Å². The lowest BCUT2D eigenvalue weighted by molar-refractivity contribution is -0.385. The standard InChI is InChI=1S/C22H17Cl2N5O5/c1-13-8-16(4-6-19(13)29(31)32)33-11-17-5-7-20(34-17)21(30)26-22-25-12-28(27-22)10-14-2-3-15(23)9-18(14)24/h2-9,12H,10-11H2,1H3,(H,26,27,30). The van der Waals surface area contributed by atoms with E-state index in [2.05, 4.69) is 15.4 Å². The molecule has 0 atom stereocenters. The number of nitrogens with one attached hydrogen (secondary N) is 1. The molecule has 1 amide bonds. The Morgan fingerprint density at radius 3 is 2.76 bits per heavy atom. The predicted molar refractivity (Wildman–Crippen MR) is 124 cm³/mol. The highest BCUT2D eigenvalue weighted by atomic mass is 35.5. The van der Waals surface area contributed by atoms with E-state index in [1.807, 2.05) is 0 Å². The molecule has 2 aromatic heterocycles. The van der Waals surface area contributed by atoms with Crippen LogP contribution in [-0.4, -0.2) is 25.6 Å². The molecule has 4 aromatic rings. The van der Waals surface area contributed by atoms with E-state index in [-0.39, 0.29) is 24.0 Å². The lowest BCUT2D eigenvalue weighted by Crippen LogP contribution is -2.12. The number of furan rings is 1. The quantitative estimate of drug-likeness (QED) is 0.257. The fraction of sp³-hybridized carbons (Fsp3) is 0.136. The minimum Gasteiger partial charge on any atom is -0.486 e. The third kappa shape index (κ3) is 5.53. The maximum absolute atomic E-state index is 12.5. The number of ether oxygens (including phenoxy) is 1. The Morgan fingerprint density at radius 2 is 2.03 bits per heavy atom. The zero-order chi connectivity index (χ0) is 24.2. The molecule has 34 heavy (non-hydrogen) atoms. The topological polar surface area (TPSA) is 125 Å². The summed E-state index contributed by atoms with van der Waals surface area (Å²) in [7, 11) is 0. The normalized spacial score (nSPS) is 10.8. The van der Waals surface area contributed by atoms with E-state index in [0.717, 1.165) is 5.56 Å². The first-order valence-electron chi connectivity index (χ1n) is 9.90. The molecular formula is C22H17Cl2N5O5. The Morgan fingerprint density at radius 1 is 1.21 bits per heavy atom. The van der Waals surface area contributed by atoms with Gasteiger partial charge in [-0.15, -0.1) is 5.10 Å². The number of carbonyl (C=O) groups excluding carboxylic acids is 1. The van der Waals surface area contributed by atoms with Gasteiger partial charge in [0.1, 0.15) is 24.4 Å². The van der Waals surface area contributed by atoms with Crippen LogP contribution in [0.25, 0.3) is 0 Å². The molecule has 174 valence electrons. The summed E-state index contributed by atoms with van der Waals surface area (Å²) in [5.41, 5.74) is 1.29. The zero-order valence-electron chi connectivity index (χ0n) is 17.7. The lowest BCUT2D eigenvalue weighted by Gasteiger charge is -2.05. The summed E-state index contributed by atoms with van der Waals surface area (Å²) >= 11 is 12.1. The number of hydrogen-bond acceptors (Lipinski definition) is 7. The molecule has 10 nitrogen and oxygen atoms in total. The molecule has 0 aliphatic rings. The Bertz CT molecular complexity index is 1370. The van der Waals surface area contributed by atoms with Gasteiger partial charge in [0.05, 0.1) is 11.5 Å². The molecule has 0 spiro atoms. The minimum absolute atomic E-state index is 0.0108. The van der Waals surface area contributed by atoms with Crippen molar-refractivity contribution in [1.29, 1.82) is 0 Å². The monoisotopic (exact) mass is 501 g/mol. The van der Waals surface area contributed by atoms with Crippen LogP contribution in [0.15, 0.2) is 59.3 Å². The number of hydrogen-bond donors (Lipinski definition) is 1. The fourth-order valence-corrected chi connectivity index (χ4v) is 3.54. The maximum Gasteiger partial charge on any atom is 0.293 e. The average molecular weight is 502 g/mol. The van der Waals surface area contributed by atoms with Crippen molar-refractivity contribution < 1.29 is 18.9 Å². The van der Waals surface area contributed by atoms with Crippen LogP contribution in [0, 0.1) is 17.0 Å². The van der Waals surface area contributed by atoms with Gasteiger partial charge in [0.15, 0.2) is 5.76 Å². The molecule has 0 aliphatic carbocycles. The Labute approximate surface area is 203 Å². The summed E-state index contributed by atoms with van der Waals surface area (Å²) < 4.78 is 12.7. The first-order chi connectivity index (χ1) is 16.3. The second-order valence-corrected chi connectivity index (χ2v) is 8.06. The SMILES string of the molecule is Cc1cc(OCc2ccc(C(=O)Nc3ncn(Cc4ccc(Cl)cc4Cl)n3)o2)ccc1[N+](=O)[O-]. The molecule has 0 saturated heterocycles. The Balaban J connectivity index is 1.34. The first kappa shape index (κ1) is 23.3. The number of nitro benzene ring substituents is 1. The molecule has 12 heteroatoms. The van der Waals surface area contributed by atoms with Crippen molar-refractivity contribution in [1.82, 2.24) is 14.8 Å². The summed E-state index contributed by atoms with van der Waals surface area (Å²) in [6.45, 7) is 2.02. The van der Waals surface area contributed by atoms with Gasteiger partial charge in [0, 0.05) is 21.7 Å². The van der Waals surface area contributed by atoms with Gasteiger partial charge in [-0.05, 0) is 48.9 Å². The third-order valence-corrected chi connectivity index (χ3v) is 5.33. The molecule has 2 heterocycles. The van der Waals surface area contributed by atoms with Gasteiger partial charge in [-0.25, -0.2) is 9.67 Å². The van der Waals surface area contributed by atoms with Crippen molar-refractivity contribution >= 4 is 40.7 Å². The maximum atomic E-state index is 12.5. The summed E-state index contributed by atoms with van der Waals surface area (Å²) in [6, 6.07) is 12.7. The number of nitrogens with zero attached hydrogens (tertiary/aromatic N) is 4. The van der Waals surface area contributed by atoms with E-state index >= 15 is 0 Å². The molecule has 0 radical (unpaired) electrons. The number of rotatable bonds is 8. The average Bonchev–Trinajstić information content (AvgIpc) is 3.43. The van der Waals surface area contributed by atoms with Gasteiger partial charge in [0.2, 0.25) is 5.95 Å². The number of aryl methyl sites for hydroxylation is 1. The molecule has 0 bridgehead atoms. The zero-order valence-corrected chi connectivity index (χ0v) is 19.2. The fourth-order valence-electron chi connectivity index (χ4n) is 3.07. The second kappa shape index (κ2) is 9.94. The highest BCUT2D eigenvalue weighted by Crippen LogP contribution is 2.24. The van der Waals surface area contributed by atoms with Gasteiger partial charge < -0.3 is 9.15 Å². The summed E-state index contributed by atoms with van der Waals surface area (Å²) in [5, 5.41) is 18.7. The Kier molecular flexibility index (Phi) is 6.80. The van der Waals surface area contributed by atoms with Crippen LogP contribution in [0.4, 0.5) is 11.6 Å². The van der Waals surface area contributed by atoms with Crippen LogP contribution >= 0.6 is 23.2 Å². The summed E-state index contributed by atoms with van der Waals surface area (Å²) in [6.07, 6.45) is 1.47. The van der Waals surface area contributed by atoms with E-state index in [1.54, 1.807) is 37.3 Å². The molecule has 0 saturated carbocycles. The van der Waals surface area contributed by atoms with Gasteiger partial charge in [-0.2, -0.15) is 0 Å². The number of carbonyl (C=O) groups is 1. The second-order valence-electron chi connectivity index (χ2n) is 7.22. The van der Waals surface area contributed by atoms with Gasteiger partial charge >= 0.3 is 0 Å². The molecule has 4 rings (SSSR count). The van der Waals surface area contributed by atoms with Crippen molar-refractivity contribution in [3.05, 3.63) is 97.7 Å². The first-order valence-corrected chi connectivity index (χ1v) is 10.7. The number of nitro groups is 1. The van der Waals surface area contributed by atoms with Crippen LogP contribution in [0.1, 0.15) is 27.4 Å². The largest absolute Gasteiger partial charge is 0.486 e. The highest BCUT2D eigenvalue weighted by Gasteiger charge is 2.15. The van der Waals surface area contributed by atoms with Crippen LogP contribution in [-0.2, 0) is 13.2 Å². The van der Waals surface area contributed by atoms with Crippen molar-refractivity contribution in [2.24, 2.45) is 0 Å². The number of aromatic nitrogens is 3. The van der Waals surface area contributed by atoms with E-state index < -0.39 is 10.8 Å². The number of benzene rings is 2. The summed E-state index contributed by atoms with van der Waals surface area (Å²) in [5.74, 6) is 0.471. The highest BCUT2D eigenvalue weighted by molar-refractivity contribution is 6.35. The van der Waals surface area contributed by atoms with Crippen LogP contribution in [0.5, 0.6) is 5.75 Å². The Hall–Kier alpha value is -3.89. The third-order valence-electron chi connectivity index (χ3n) is 4.74. The minimum atomic E-state index is -0.528. The van der Waals surface area contributed by atoms with Crippen molar-refractivity contribution in [2.45, 2.75) is 20.1 Å². The number of halogens is 2. The molecular weight excluding hydrogens is 485 g/mol. The predicted octanol–water partition coefficient (Wildman–Crippen LogP) is 5.27. The molecule has 1 N–H and O–H groups in total. The van der Waals surface area contributed by atoms with Crippen LogP contribution in [0.2, 0.25) is 10.0 Å². The molecule has 0 unspecified atom stereocenters. The van der Waals surface area contributed by atoms with Gasteiger partial charge in [0.25, 0.3) is 11.6 Å². The lowest BCUT2D eigenvalue weighted by atomic mass is 10.2.